The molecule has 0 saturated heterocycles. The van der Waals surface area contributed by atoms with Gasteiger partial charge in [0.1, 0.15) is 0 Å². The second-order valence-electron chi connectivity index (χ2n) is 3.14. The number of hydrogen-bond donors (Lipinski definition) is 1. The molecule has 2 nitrogen and oxygen atoms in total. The van der Waals surface area contributed by atoms with Crippen LogP contribution in [0.5, 0.6) is 0 Å². The van der Waals surface area contributed by atoms with Crippen LogP contribution in [0.25, 0.3) is 0 Å². The van der Waals surface area contributed by atoms with Crippen LogP contribution in [0, 0.1) is 5.92 Å². The van der Waals surface area contributed by atoms with E-state index in [0.29, 0.717) is 6.04 Å². The molecule has 1 aliphatic rings. The normalized spacial score (nSPS) is 33.0. The molecule has 2 atom stereocenters. The summed E-state index contributed by atoms with van der Waals surface area (Å²) in [7, 11) is 1.75. The molecule has 0 aromatic carbocycles. The predicted octanol–water partition coefficient (Wildman–Crippen LogP) is 1.15. The zero-order chi connectivity index (χ0) is 7.40. The van der Waals surface area contributed by atoms with Crippen molar-refractivity contribution in [2.45, 2.75) is 31.7 Å². The third-order valence-electron chi connectivity index (χ3n) is 2.41. The molecule has 2 N–H and O–H groups in total. The van der Waals surface area contributed by atoms with E-state index < -0.39 is 0 Å². The third-order valence-corrected chi connectivity index (χ3v) is 2.41. The first-order chi connectivity index (χ1) is 4.84. The summed E-state index contributed by atoms with van der Waals surface area (Å²) in [6.07, 6.45) is 4.99. The molecule has 0 aliphatic heterocycles. The summed E-state index contributed by atoms with van der Waals surface area (Å²) in [5.74, 6) is 0.736. The van der Waals surface area contributed by atoms with E-state index in [0.717, 1.165) is 18.9 Å². The highest BCUT2D eigenvalue weighted by Gasteiger charge is 2.22. The van der Waals surface area contributed by atoms with Gasteiger partial charge in [-0.2, -0.15) is 0 Å². The Kier molecular flexibility index (Phi) is 3.16. The Hall–Kier alpha value is -0.0800. The monoisotopic (exact) mass is 143 g/mol. The van der Waals surface area contributed by atoms with Crippen LogP contribution in [0.3, 0.4) is 0 Å². The maximum atomic E-state index is 5.86. The molecule has 1 rings (SSSR count). The molecule has 0 bridgehead atoms. The zero-order valence-electron chi connectivity index (χ0n) is 6.68. The van der Waals surface area contributed by atoms with Crippen molar-refractivity contribution in [1.82, 2.24) is 0 Å². The van der Waals surface area contributed by atoms with Crippen LogP contribution in [0.4, 0.5) is 0 Å². The average molecular weight is 143 g/mol. The second-order valence-corrected chi connectivity index (χ2v) is 3.14. The van der Waals surface area contributed by atoms with Crippen LogP contribution in [0.15, 0.2) is 0 Å². The number of nitrogens with two attached hydrogens (primary N) is 1. The van der Waals surface area contributed by atoms with Crippen LogP contribution in [0.2, 0.25) is 0 Å². The lowest BCUT2D eigenvalue weighted by molar-refractivity contribution is 0.175. The van der Waals surface area contributed by atoms with Crippen molar-refractivity contribution in [3.05, 3.63) is 0 Å². The molecule has 0 aromatic rings. The fourth-order valence-electron chi connectivity index (χ4n) is 1.69. The van der Waals surface area contributed by atoms with E-state index in [1.807, 2.05) is 0 Å². The van der Waals surface area contributed by atoms with Gasteiger partial charge in [-0.1, -0.05) is 6.42 Å². The second kappa shape index (κ2) is 3.94. The minimum absolute atomic E-state index is 0.454. The predicted molar refractivity (Wildman–Crippen MR) is 41.8 cm³/mol. The fourth-order valence-corrected chi connectivity index (χ4v) is 1.69. The smallest absolute Gasteiger partial charge is 0.0465 e. The lowest BCUT2D eigenvalue weighted by Crippen LogP contribution is -2.25. The van der Waals surface area contributed by atoms with Crippen molar-refractivity contribution in [3.63, 3.8) is 0 Å². The Balaban J connectivity index is 2.14. The van der Waals surface area contributed by atoms with E-state index in [9.17, 15) is 0 Å². The summed E-state index contributed by atoms with van der Waals surface area (Å²) in [5, 5.41) is 0. The van der Waals surface area contributed by atoms with Crippen LogP contribution < -0.4 is 5.73 Å². The fraction of sp³-hybridized carbons (Fsp3) is 1.00. The molecule has 0 spiro atoms. The zero-order valence-corrected chi connectivity index (χ0v) is 6.68. The standard InChI is InChI=1S/C8H17NO/c1-10-6-5-7-3-2-4-8(7)9/h7-8H,2-6,9H2,1H3/t7-,8+/m0/s1. The van der Waals surface area contributed by atoms with E-state index in [4.69, 9.17) is 10.5 Å². The van der Waals surface area contributed by atoms with Gasteiger partial charge in [0.2, 0.25) is 0 Å². The van der Waals surface area contributed by atoms with Gasteiger partial charge in [0, 0.05) is 19.8 Å². The molecule has 10 heavy (non-hydrogen) atoms. The van der Waals surface area contributed by atoms with Crippen molar-refractivity contribution < 1.29 is 4.74 Å². The number of rotatable bonds is 3. The van der Waals surface area contributed by atoms with Gasteiger partial charge in [0.25, 0.3) is 0 Å². The van der Waals surface area contributed by atoms with E-state index >= 15 is 0 Å². The summed E-state index contributed by atoms with van der Waals surface area (Å²) in [4.78, 5) is 0. The van der Waals surface area contributed by atoms with E-state index in [-0.39, 0.29) is 0 Å². The molecule has 1 saturated carbocycles. The SMILES string of the molecule is COCC[C@@H]1CCC[C@H]1N. The van der Waals surface area contributed by atoms with E-state index in [1.54, 1.807) is 7.11 Å². The molecule has 0 amide bonds. The lowest BCUT2D eigenvalue weighted by atomic mass is 10.0. The van der Waals surface area contributed by atoms with Gasteiger partial charge in [-0.05, 0) is 25.2 Å². The number of methoxy groups -OCH3 is 1. The van der Waals surface area contributed by atoms with Gasteiger partial charge in [0.15, 0.2) is 0 Å². The molecule has 0 aromatic heterocycles. The summed E-state index contributed by atoms with van der Waals surface area (Å²) < 4.78 is 5.00. The Morgan fingerprint density at radius 2 is 2.30 bits per heavy atom. The van der Waals surface area contributed by atoms with Gasteiger partial charge in [-0.25, -0.2) is 0 Å². The van der Waals surface area contributed by atoms with Gasteiger partial charge >= 0.3 is 0 Å². The van der Waals surface area contributed by atoms with Crippen LogP contribution in [-0.2, 0) is 4.74 Å². The molecule has 1 fully saturated rings. The van der Waals surface area contributed by atoms with Gasteiger partial charge < -0.3 is 10.5 Å². The maximum Gasteiger partial charge on any atom is 0.0465 e. The molecule has 0 unspecified atom stereocenters. The molecule has 0 heterocycles. The van der Waals surface area contributed by atoms with Crippen molar-refractivity contribution in [2.75, 3.05) is 13.7 Å². The minimum atomic E-state index is 0.454. The molecule has 60 valence electrons. The molecule has 0 radical (unpaired) electrons. The third kappa shape index (κ3) is 1.96. The highest BCUT2D eigenvalue weighted by molar-refractivity contribution is 4.79. The Labute approximate surface area is 62.7 Å². The van der Waals surface area contributed by atoms with Crippen LogP contribution >= 0.6 is 0 Å². The van der Waals surface area contributed by atoms with Crippen LogP contribution in [-0.4, -0.2) is 19.8 Å². The van der Waals surface area contributed by atoms with Gasteiger partial charge in [-0.15, -0.1) is 0 Å². The van der Waals surface area contributed by atoms with Crippen LogP contribution in [0.1, 0.15) is 25.7 Å². The van der Waals surface area contributed by atoms with Crippen molar-refractivity contribution in [2.24, 2.45) is 11.7 Å². The highest BCUT2D eigenvalue weighted by atomic mass is 16.5. The average Bonchev–Trinajstić information content (AvgIpc) is 2.31. The summed E-state index contributed by atoms with van der Waals surface area (Å²) >= 11 is 0. The Morgan fingerprint density at radius 3 is 2.80 bits per heavy atom. The molecule has 1 aliphatic carbocycles. The van der Waals surface area contributed by atoms with Gasteiger partial charge in [-0.3, -0.25) is 0 Å². The largest absolute Gasteiger partial charge is 0.385 e. The van der Waals surface area contributed by atoms with Crippen molar-refractivity contribution >= 4 is 0 Å². The summed E-state index contributed by atoms with van der Waals surface area (Å²) in [6.45, 7) is 0.873. The Morgan fingerprint density at radius 1 is 1.50 bits per heavy atom. The van der Waals surface area contributed by atoms with E-state index in [2.05, 4.69) is 0 Å². The first-order valence-electron chi connectivity index (χ1n) is 4.09. The summed E-state index contributed by atoms with van der Waals surface area (Å²) in [6, 6.07) is 0.454. The quantitative estimate of drug-likeness (QED) is 0.643. The number of ether oxygens (including phenoxy) is 1. The topological polar surface area (TPSA) is 35.2 Å². The maximum absolute atomic E-state index is 5.86. The number of hydrogen-bond acceptors (Lipinski definition) is 2. The first kappa shape index (κ1) is 8.02. The van der Waals surface area contributed by atoms with Gasteiger partial charge in [0.05, 0.1) is 0 Å². The van der Waals surface area contributed by atoms with Crippen molar-refractivity contribution in [3.8, 4) is 0 Å². The van der Waals surface area contributed by atoms with E-state index in [1.165, 1.54) is 19.3 Å². The molecular weight excluding hydrogens is 126 g/mol. The Bertz CT molecular complexity index is 95.3. The summed E-state index contributed by atoms with van der Waals surface area (Å²) in [5.41, 5.74) is 5.86. The molecular formula is C8H17NO. The molecule has 2 heteroatoms. The lowest BCUT2D eigenvalue weighted by Gasteiger charge is -2.13. The highest BCUT2D eigenvalue weighted by Crippen LogP contribution is 2.26. The minimum Gasteiger partial charge on any atom is -0.385 e. The van der Waals surface area contributed by atoms with Crippen molar-refractivity contribution in [1.29, 1.82) is 0 Å². The first-order valence-corrected chi connectivity index (χ1v) is 4.09.